The van der Waals surface area contributed by atoms with Gasteiger partial charge in [0.15, 0.2) is 0 Å². The Morgan fingerprint density at radius 3 is 2.47 bits per heavy atom. The molecule has 0 unspecified atom stereocenters. The molecule has 19 heavy (non-hydrogen) atoms. The summed E-state index contributed by atoms with van der Waals surface area (Å²) in [6.45, 7) is 8.06. The topological polar surface area (TPSA) is 62.1 Å². The molecule has 1 saturated heterocycles. The second-order valence-corrected chi connectivity index (χ2v) is 6.38. The zero-order chi connectivity index (χ0) is 13.7. The van der Waals surface area contributed by atoms with Crippen LogP contribution in [0.4, 0.5) is 0 Å². The van der Waals surface area contributed by atoms with Gasteiger partial charge in [-0.3, -0.25) is 4.98 Å². The highest BCUT2D eigenvalue weighted by Gasteiger charge is 2.52. The van der Waals surface area contributed by atoms with Gasteiger partial charge >= 0.3 is 7.12 Å². The minimum Gasteiger partial charge on any atom is -0.398 e. The number of hydrogen-bond donors (Lipinski definition) is 0. The van der Waals surface area contributed by atoms with Gasteiger partial charge in [0.2, 0.25) is 0 Å². The van der Waals surface area contributed by atoms with Crippen LogP contribution in [0.2, 0.25) is 0 Å². The van der Waals surface area contributed by atoms with Crippen molar-refractivity contribution in [3.63, 3.8) is 0 Å². The van der Waals surface area contributed by atoms with Gasteiger partial charge in [-0.05, 0) is 27.7 Å². The van der Waals surface area contributed by atoms with E-state index in [1.807, 2.05) is 33.9 Å². The zero-order valence-corrected chi connectivity index (χ0v) is 12.1. The number of rotatable bonds is 2. The Bertz CT molecular complexity index is 565. The van der Waals surface area contributed by atoms with Gasteiger partial charge in [0.25, 0.3) is 0 Å². The fourth-order valence-electron chi connectivity index (χ4n) is 1.78. The maximum atomic E-state index is 5.93. The van der Waals surface area contributed by atoms with Crippen molar-refractivity contribution in [2.75, 3.05) is 0 Å². The lowest BCUT2D eigenvalue weighted by Crippen LogP contribution is -2.41. The molecule has 3 rings (SSSR count). The quantitative estimate of drug-likeness (QED) is 0.768. The summed E-state index contributed by atoms with van der Waals surface area (Å²) in [4.78, 5) is 4.02. The van der Waals surface area contributed by atoms with Crippen molar-refractivity contribution in [1.29, 1.82) is 0 Å². The zero-order valence-electron chi connectivity index (χ0n) is 11.3. The fraction of sp³-hybridized carbons (Fsp3) is 0.545. The van der Waals surface area contributed by atoms with Crippen molar-refractivity contribution in [3.8, 4) is 5.00 Å². The molecule has 100 valence electrons. The summed E-state index contributed by atoms with van der Waals surface area (Å²) in [6.07, 6.45) is 3.56. The van der Waals surface area contributed by atoms with Crippen molar-refractivity contribution >= 4 is 24.0 Å². The molecule has 1 aliphatic rings. The molecule has 1 aliphatic heterocycles. The maximum Gasteiger partial charge on any atom is 0.518 e. The maximum absolute atomic E-state index is 5.93. The summed E-state index contributed by atoms with van der Waals surface area (Å²) in [6, 6.07) is 0. The van der Waals surface area contributed by atoms with E-state index >= 15 is 0 Å². The molecule has 3 heterocycles. The molecule has 0 spiro atoms. The van der Waals surface area contributed by atoms with Gasteiger partial charge in [0.05, 0.1) is 29.1 Å². The number of aromatic nitrogens is 4. The van der Waals surface area contributed by atoms with E-state index in [0.29, 0.717) is 5.59 Å². The third-order valence-electron chi connectivity index (χ3n) is 3.65. The summed E-state index contributed by atoms with van der Waals surface area (Å²) in [5.74, 6) is 0. The van der Waals surface area contributed by atoms with E-state index in [1.54, 1.807) is 16.4 Å². The highest BCUT2D eigenvalue weighted by molar-refractivity contribution is 7.12. The van der Waals surface area contributed by atoms with Gasteiger partial charge in [-0.25, -0.2) is 4.68 Å². The minimum atomic E-state index is -0.480. The van der Waals surface area contributed by atoms with Crippen molar-refractivity contribution in [1.82, 2.24) is 20.0 Å². The molecule has 0 aliphatic carbocycles. The van der Waals surface area contributed by atoms with Crippen molar-refractivity contribution in [2.45, 2.75) is 38.9 Å². The lowest BCUT2D eigenvalue weighted by Gasteiger charge is -2.32. The Morgan fingerprint density at radius 1 is 1.21 bits per heavy atom. The minimum absolute atomic E-state index is 0.369. The van der Waals surface area contributed by atoms with Gasteiger partial charge < -0.3 is 9.31 Å². The molecule has 0 aromatic carbocycles. The van der Waals surface area contributed by atoms with E-state index in [2.05, 4.69) is 15.3 Å². The summed E-state index contributed by atoms with van der Waals surface area (Å²) in [7, 11) is -0.480. The molecule has 2 aromatic heterocycles. The fourth-order valence-corrected chi connectivity index (χ4v) is 2.33. The monoisotopic (exact) mass is 278 g/mol. The highest BCUT2D eigenvalue weighted by atomic mass is 32.1. The lowest BCUT2D eigenvalue weighted by atomic mass is 9.86. The van der Waals surface area contributed by atoms with Crippen LogP contribution < -0.4 is 5.59 Å². The molecular weight excluding hydrogens is 263 g/mol. The molecule has 0 N–H and O–H groups in total. The first-order valence-corrected chi connectivity index (χ1v) is 6.94. The van der Waals surface area contributed by atoms with Crippen LogP contribution in [0.3, 0.4) is 0 Å². The third-order valence-corrected chi connectivity index (χ3v) is 4.41. The van der Waals surface area contributed by atoms with E-state index < -0.39 is 7.12 Å². The SMILES string of the molecule is CC1(C)OB(c2cn(-c3cncs3)nn2)OC1(C)C. The van der Waals surface area contributed by atoms with Gasteiger partial charge in [0.1, 0.15) is 10.6 Å². The normalized spacial score (nSPS) is 20.9. The molecule has 6 nitrogen and oxygen atoms in total. The van der Waals surface area contributed by atoms with Crippen molar-refractivity contribution in [3.05, 3.63) is 17.9 Å². The summed E-state index contributed by atoms with van der Waals surface area (Å²) < 4.78 is 13.5. The Hall–Kier alpha value is -1.25. The second kappa shape index (κ2) is 4.12. The highest BCUT2D eigenvalue weighted by Crippen LogP contribution is 2.36. The van der Waals surface area contributed by atoms with Gasteiger partial charge in [0, 0.05) is 0 Å². The first-order valence-electron chi connectivity index (χ1n) is 6.06. The number of nitrogens with zero attached hydrogens (tertiary/aromatic N) is 4. The lowest BCUT2D eigenvalue weighted by molar-refractivity contribution is 0.00578. The van der Waals surface area contributed by atoms with E-state index in [-0.39, 0.29) is 11.2 Å². The summed E-state index contributed by atoms with van der Waals surface area (Å²) in [5, 5.41) is 9.12. The molecule has 0 saturated carbocycles. The van der Waals surface area contributed by atoms with Crippen molar-refractivity contribution in [2.24, 2.45) is 0 Å². The predicted octanol–water partition coefficient (Wildman–Crippen LogP) is 1.02. The molecule has 1 fully saturated rings. The average molecular weight is 278 g/mol. The van der Waals surface area contributed by atoms with Gasteiger partial charge in [-0.15, -0.1) is 16.4 Å². The first kappa shape index (κ1) is 12.8. The van der Waals surface area contributed by atoms with Crippen LogP contribution >= 0.6 is 11.3 Å². The Balaban J connectivity index is 1.85. The van der Waals surface area contributed by atoms with Crippen LogP contribution in [0, 0.1) is 0 Å². The molecule has 0 atom stereocenters. The van der Waals surface area contributed by atoms with Crippen molar-refractivity contribution < 1.29 is 9.31 Å². The van der Waals surface area contributed by atoms with Crippen LogP contribution in [0.25, 0.3) is 5.00 Å². The number of thiazole rings is 1. The predicted molar refractivity (Wildman–Crippen MR) is 72.7 cm³/mol. The third kappa shape index (κ3) is 2.09. The van der Waals surface area contributed by atoms with Crippen LogP contribution in [-0.2, 0) is 9.31 Å². The first-order chi connectivity index (χ1) is 8.89. The smallest absolute Gasteiger partial charge is 0.398 e. The van der Waals surface area contributed by atoms with Crippen LogP contribution in [0.1, 0.15) is 27.7 Å². The van der Waals surface area contributed by atoms with E-state index in [1.165, 1.54) is 11.3 Å². The summed E-state index contributed by atoms with van der Waals surface area (Å²) in [5.41, 5.74) is 1.69. The standard InChI is InChI=1S/C11H15BN4O2S/c1-10(2)11(3,4)18-12(17-10)8-6-16(15-14-8)9-5-13-7-19-9/h5-7H,1-4H3. The van der Waals surface area contributed by atoms with E-state index in [4.69, 9.17) is 9.31 Å². The molecule has 8 heteroatoms. The average Bonchev–Trinajstić information content (AvgIpc) is 3.00. The molecule has 2 aromatic rings. The molecule has 0 bridgehead atoms. The summed E-state index contributed by atoms with van der Waals surface area (Å²) >= 11 is 1.50. The van der Waals surface area contributed by atoms with E-state index in [9.17, 15) is 0 Å². The second-order valence-electron chi connectivity index (χ2n) is 5.52. The number of hydrogen-bond acceptors (Lipinski definition) is 6. The van der Waals surface area contributed by atoms with Crippen LogP contribution in [0.15, 0.2) is 17.9 Å². The van der Waals surface area contributed by atoms with E-state index in [0.717, 1.165) is 5.00 Å². The van der Waals surface area contributed by atoms with Gasteiger partial charge in [-0.2, -0.15) is 0 Å². The Labute approximate surface area is 115 Å². The molecule has 0 radical (unpaired) electrons. The molecule has 0 amide bonds. The largest absolute Gasteiger partial charge is 0.518 e. The Morgan fingerprint density at radius 2 is 1.89 bits per heavy atom. The van der Waals surface area contributed by atoms with Gasteiger partial charge in [-0.1, -0.05) is 5.21 Å². The van der Waals surface area contributed by atoms with Crippen LogP contribution in [-0.4, -0.2) is 38.3 Å². The van der Waals surface area contributed by atoms with Crippen LogP contribution in [0.5, 0.6) is 0 Å². The Kier molecular flexibility index (Phi) is 2.77. The molecular formula is C11H15BN4O2S.